The summed E-state index contributed by atoms with van der Waals surface area (Å²) in [5.74, 6) is 0.171. The highest BCUT2D eigenvalue weighted by molar-refractivity contribution is 14.1. The van der Waals surface area contributed by atoms with Crippen LogP contribution in [0.4, 0.5) is 19.0 Å². The predicted molar refractivity (Wildman–Crippen MR) is 97.0 cm³/mol. The fourth-order valence-electron chi connectivity index (χ4n) is 2.92. The molecule has 138 valence electrons. The van der Waals surface area contributed by atoms with Crippen LogP contribution in [0.25, 0.3) is 0 Å². The van der Waals surface area contributed by atoms with Crippen LogP contribution in [0.3, 0.4) is 0 Å². The first-order chi connectivity index (χ1) is 12.2. The summed E-state index contributed by atoms with van der Waals surface area (Å²) < 4.78 is 44.0. The number of esters is 1. The first kappa shape index (κ1) is 18.9. The van der Waals surface area contributed by atoms with Crippen LogP contribution < -0.4 is 4.90 Å². The summed E-state index contributed by atoms with van der Waals surface area (Å²) in [6.07, 6.45) is -3.01. The van der Waals surface area contributed by atoms with Gasteiger partial charge in [-0.05, 0) is 52.8 Å². The number of hydrogen-bond donors (Lipinski definition) is 0. The SMILES string of the molecule is COC(=O)c1cc(C)c(N2CCc3ncc(C(F)(F)F)cc3C2)nc1I. The normalized spacial score (nSPS) is 14.2. The third kappa shape index (κ3) is 3.62. The van der Waals surface area contributed by atoms with Crippen LogP contribution in [0.2, 0.25) is 0 Å². The van der Waals surface area contributed by atoms with Gasteiger partial charge in [-0.2, -0.15) is 13.2 Å². The Bertz CT molecular complexity index is 871. The van der Waals surface area contributed by atoms with E-state index >= 15 is 0 Å². The molecule has 0 spiro atoms. The highest BCUT2D eigenvalue weighted by Gasteiger charge is 2.32. The maximum absolute atomic E-state index is 12.9. The quantitative estimate of drug-likeness (QED) is 0.375. The van der Waals surface area contributed by atoms with E-state index in [0.29, 0.717) is 39.3 Å². The third-order valence-corrected chi connectivity index (χ3v) is 5.03. The number of alkyl halides is 3. The monoisotopic (exact) mass is 477 g/mol. The van der Waals surface area contributed by atoms with E-state index in [9.17, 15) is 18.0 Å². The Kier molecular flexibility index (Phi) is 5.09. The zero-order valence-corrected chi connectivity index (χ0v) is 16.2. The molecular formula is C17H15F3IN3O2. The minimum Gasteiger partial charge on any atom is -0.465 e. The molecule has 1 aliphatic rings. The minimum atomic E-state index is -4.42. The molecule has 5 nitrogen and oxygen atoms in total. The van der Waals surface area contributed by atoms with Gasteiger partial charge >= 0.3 is 12.1 Å². The van der Waals surface area contributed by atoms with Crippen LogP contribution in [0.5, 0.6) is 0 Å². The molecule has 0 amide bonds. The Balaban J connectivity index is 1.93. The van der Waals surface area contributed by atoms with Crippen LogP contribution in [-0.4, -0.2) is 29.6 Å². The summed E-state index contributed by atoms with van der Waals surface area (Å²) in [6, 6.07) is 2.84. The van der Waals surface area contributed by atoms with Gasteiger partial charge in [0.1, 0.15) is 9.52 Å². The Morgan fingerprint density at radius 2 is 2.08 bits per heavy atom. The van der Waals surface area contributed by atoms with Crippen molar-refractivity contribution in [1.29, 1.82) is 0 Å². The number of aromatic nitrogens is 2. The topological polar surface area (TPSA) is 55.3 Å². The lowest BCUT2D eigenvalue weighted by atomic mass is 10.0. The number of methoxy groups -OCH3 is 1. The first-order valence-electron chi connectivity index (χ1n) is 7.76. The summed E-state index contributed by atoms with van der Waals surface area (Å²) in [4.78, 5) is 22.1. The molecule has 2 aromatic rings. The summed E-state index contributed by atoms with van der Waals surface area (Å²) in [5, 5.41) is 0. The number of carbonyl (C=O) groups excluding carboxylic acids is 1. The van der Waals surface area contributed by atoms with Crippen LogP contribution in [0.15, 0.2) is 18.3 Å². The van der Waals surface area contributed by atoms with Crippen molar-refractivity contribution in [3.05, 3.63) is 50.0 Å². The smallest absolute Gasteiger partial charge is 0.417 e. The molecule has 1 aliphatic heterocycles. The molecule has 0 unspecified atom stereocenters. The van der Waals surface area contributed by atoms with Gasteiger partial charge in [-0.25, -0.2) is 9.78 Å². The zero-order chi connectivity index (χ0) is 19.1. The van der Waals surface area contributed by atoms with Crippen molar-refractivity contribution in [1.82, 2.24) is 9.97 Å². The highest BCUT2D eigenvalue weighted by Crippen LogP contribution is 2.32. The molecule has 0 atom stereocenters. The van der Waals surface area contributed by atoms with Crippen molar-refractivity contribution in [2.75, 3.05) is 18.6 Å². The molecule has 0 radical (unpaired) electrons. The lowest BCUT2D eigenvalue weighted by molar-refractivity contribution is -0.137. The molecule has 2 aromatic heterocycles. The Hall–Kier alpha value is -1.91. The number of halogens is 4. The first-order valence-corrected chi connectivity index (χ1v) is 8.84. The zero-order valence-electron chi connectivity index (χ0n) is 14.0. The van der Waals surface area contributed by atoms with E-state index in [4.69, 9.17) is 4.74 Å². The maximum atomic E-state index is 12.9. The lowest BCUT2D eigenvalue weighted by Crippen LogP contribution is -2.33. The van der Waals surface area contributed by atoms with E-state index in [0.717, 1.165) is 17.8 Å². The average Bonchev–Trinajstić information content (AvgIpc) is 2.61. The molecule has 0 N–H and O–H groups in total. The van der Waals surface area contributed by atoms with Crippen LogP contribution in [-0.2, 0) is 23.9 Å². The van der Waals surface area contributed by atoms with Gasteiger partial charge in [0.05, 0.1) is 18.2 Å². The number of ether oxygens (including phenoxy) is 1. The van der Waals surface area contributed by atoms with E-state index in [-0.39, 0.29) is 6.54 Å². The average molecular weight is 477 g/mol. The largest absolute Gasteiger partial charge is 0.465 e. The summed E-state index contributed by atoms with van der Waals surface area (Å²) in [6.45, 7) is 2.69. The van der Waals surface area contributed by atoms with Crippen molar-refractivity contribution < 1.29 is 22.7 Å². The molecule has 0 saturated carbocycles. The van der Waals surface area contributed by atoms with Crippen molar-refractivity contribution in [3.8, 4) is 0 Å². The molecular weight excluding hydrogens is 462 g/mol. The van der Waals surface area contributed by atoms with Crippen molar-refractivity contribution in [3.63, 3.8) is 0 Å². The molecule has 3 heterocycles. The van der Waals surface area contributed by atoms with Gasteiger partial charge in [-0.3, -0.25) is 4.98 Å². The minimum absolute atomic E-state index is 0.285. The third-order valence-electron chi connectivity index (χ3n) is 4.21. The summed E-state index contributed by atoms with van der Waals surface area (Å²) in [5.41, 5.74) is 1.59. The molecule has 0 bridgehead atoms. The van der Waals surface area contributed by atoms with Gasteiger partial charge in [0.15, 0.2) is 0 Å². The molecule has 26 heavy (non-hydrogen) atoms. The second-order valence-electron chi connectivity index (χ2n) is 5.96. The number of hydrogen-bond acceptors (Lipinski definition) is 5. The van der Waals surface area contributed by atoms with Crippen molar-refractivity contribution in [2.45, 2.75) is 26.1 Å². The highest BCUT2D eigenvalue weighted by atomic mass is 127. The van der Waals surface area contributed by atoms with Crippen LogP contribution in [0.1, 0.15) is 32.7 Å². The fourth-order valence-corrected chi connectivity index (χ4v) is 3.52. The molecule has 9 heteroatoms. The van der Waals surface area contributed by atoms with Gasteiger partial charge < -0.3 is 9.64 Å². The molecule has 0 aromatic carbocycles. The Labute approximate surface area is 161 Å². The van der Waals surface area contributed by atoms with E-state index in [1.165, 1.54) is 7.11 Å². The molecule has 3 rings (SSSR count). The van der Waals surface area contributed by atoms with Gasteiger partial charge in [0.25, 0.3) is 0 Å². The number of rotatable bonds is 2. The number of pyridine rings is 2. The Morgan fingerprint density at radius 1 is 1.35 bits per heavy atom. The second kappa shape index (κ2) is 7.01. The van der Waals surface area contributed by atoms with Gasteiger partial charge in [0, 0.05) is 31.4 Å². The van der Waals surface area contributed by atoms with Gasteiger partial charge in [-0.1, -0.05) is 0 Å². The summed E-state index contributed by atoms with van der Waals surface area (Å²) in [7, 11) is 1.30. The molecule has 0 fully saturated rings. The Morgan fingerprint density at radius 3 is 2.73 bits per heavy atom. The van der Waals surface area contributed by atoms with Gasteiger partial charge in [0.2, 0.25) is 0 Å². The van der Waals surface area contributed by atoms with Crippen LogP contribution in [0, 0.1) is 10.6 Å². The molecule has 0 aliphatic carbocycles. The number of aryl methyl sites for hydroxylation is 1. The maximum Gasteiger partial charge on any atom is 0.417 e. The molecule has 0 saturated heterocycles. The van der Waals surface area contributed by atoms with Crippen molar-refractivity contribution >= 4 is 34.4 Å². The van der Waals surface area contributed by atoms with E-state index < -0.39 is 17.7 Å². The van der Waals surface area contributed by atoms with Crippen LogP contribution >= 0.6 is 22.6 Å². The van der Waals surface area contributed by atoms with Crippen molar-refractivity contribution in [2.24, 2.45) is 0 Å². The lowest BCUT2D eigenvalue weighted by Gasteiger charge is -2.31. The van der Waals surface area contributed by atoms with E-state index in [2.05, 4.69) is 9.97 Å². The standard InChI is InChI=1S/C17H15F3IN3O2/c1-9-5-12(16(25)26-2)14(21)23-15(9)24-4-3-13-10(8-24)6-11(7-22-13)17(18,19)20/h5-7H,3-4,8H2,1-2H3. The van der Waals surface area contributed by atoms with Gasteiger partial charge in [-0.15, -0.1) is 0 Å². The predicted octanol–water partition coefficient (Wildman–Crippen LogP) is 3.76. The van der Waals surface area contributed by atoms with E-state index in [1.54, 1.807) is 6.07 Å². The second-order valence-corrected chi connectivity index (χ2v) is 6.98. The number of carbonyl (C=O) groups is 1. The number of fused-ring (bicyclic) bond motifs is 1. The summed E-state index contributed by atoms with van der Waals surface area (Å²) >= 11 is 1.95. The fraction of sp³-hybridized carbons (Fsp3) is 0.353. The van der Waals surface area contributed by atoms with E-state index in [1.807, 2.05) is 34.4 Å². The number of nitrogens with zero attached hydrogens (tertiary/aromatic N) is 3. The number of anilines is 1.